The molecule has 0 radical (unpaired) electrons. The first kappa shape index (κ1) is 12.2. The van der Waals surface area contributed by atoms with Crippen molar-refractivity contribution in [3.63, 3.8) is 0 Å². The first-order chi connectivity index (χ1) is 6.20. The summed E-state index contributed by atoms with van der Waals surface area (Å²) in [5.41, 5.74) is 4.99. The van der Waals surface area contributed by atoms with Gasteiger partial charge in [-0.2, -0.15) is 12.6 Å². The van der Waals surface area contributed by atoms with Crippen molar-refractivity contribution < 1.29 is 14.3 Å². The summed E-state index contributed by atoms with van der Waals surface area (Å²) in [5, 5.41) is 2.56. The molecular formula is C7H14N2O3S. The van der Waals surface area contributed by atoms with Crippen LogP contribution < -0.4 is 11.1 Å². The quantitative estimate of drug-likeness (QED) is 0.293. The lowest BCUT2D eigenvalue weighted by atomic mass is 10.4. The lowest BCUT2D eigenvalue weighted by Crippen LogP contribution is -2.29. The fourth-order valence-electron chi connectivity index (χ4n) is 0.604. The molecule has 0 aliphatic rings. The Labute approximate surface area is 82.4 Å². The standard InChI is InChI=1S/C7H14N2O3S/c8-5-7(11)12-3-2-9-6(10)1-4-13/h13H,1-5,8H2,(H,9,10). The molecule has 0 aromatic rings. The highest BCUT2D eigenvalue weighted by Crippen LogP contribution is 1.82. The third kappa shape index (κ3) is 7.61. The van der Waals surface area contributed by atoms with E-state index < -0.39 is 5.97 Å². The number of esters is 1. The summed E-state index contributed by atoms with van der Waals surface area (Å²) in [6.07, 6.45) is 0.369. The first-order valence-corrected chi connectivity index (χ1v) is 4.57. The van der Waals surface area contributed by atoms with Crippen LogP contribution in [0.15, 0.2) is 0 Å². The van der Waals surface area contributed by atoms with Crippen LogP contribution >= 0.6 is 12.6 Å². The Kier molecular flexibility index (Phi) is 7.42. The second-order valence-corrected chi connectivity index (χ2v) is 2.70. The van der Waals surface area contributed by atoms with Crippen molar-refractivity contribution in [3.05, 3.63) is 0 Å². The minimum absolute atomic E-state index is 0.0983. The molecule has 0 fully saturated rings. The van der Waals surface area contributed by atoms with Gasteiger partial charge in [-0.25, -0.2) is 0 Å². The maximum atomic E-state index is 10.8. The molecule has 0 spiro atoms. The van der Waals surface area contributed by atoms with Gasteiger partial charge in [0.05, 0.1) is 13.1 Å². The zero-order chi connectivity index (χ0) is 10.1. The van der Waals surface area contributed by atoms with E-state index >= 15 is 0 Å². The summed E-state index contributed by atoms with van der Waals surface area (Å²) < 4.78 is 4.62. The van der Waals surface area contributed by atoms with Crippen LogP contribution in [0.3, 0.4) is 0 Å². The van der Waals surface area contributed by atoms with Crippen LogP contribution in [0.1, 0.15) is 6.42 Å². The average Bonchev–Trinajstić information content (AvgIpc) is 2.12. The minimum Gasteiger partial charge on any atom is -0.463 e. The van der Waals surface area contributed by atoms with Gasteiger partial charge < -0.3 is 15.8 Å². The fourth-order valence-corrected chi connectivity index (χ4v) is 0.807. The lowest BCUT2D eigenvalue weighted by molar-refractivity contribution is -0.142. The molecule has 0 heterocycles. The van der Waals surface area contributed by atoms with Crippen molar-refractivity contribution in [2.75, 3.05) is 25.4 Å². The third-order valence-corrected chi connectivity index (χ3v) is 1.42. The van der Waals surface area contributed by atoms with Gasteiger partial charge in [-0.1, -0.05) is 0 Å². The van der Waals surface area contributed by atoms with Gasteiger partial charge in [0.15, 0.2) is 0 Å². The van der Waals surface area contributed by atoms with E-state index in [1.807, 2.05) is 0 Å². The maximum Gasteiger partial charge on any atom is 0.319 e. The largest absolute Gasteiger partial charge is 0.463 e. The van der Waals surface area contributed by atoms with E-state index in [0.29, 0.717) is 18.7 Å². The summed E-state index contributed by atoms with van der Waals surface area (Å²) >= 11 is 3.89. The Balaban J connectivity index is 3.25. The predicted molar refractivity (Wildman–Crippen MR) is 51.5 cm³/mol. The Morgan fingerprint density at radius 3 is 2.69 bits per heavy atom. The van der Waals surface area contributed by atoms with E-state index in [1.165, 1.54) is 0 Å². The molecule has 3 N–H and O–H groups in total. The van der Waals surface area contributed by atoms with E-state index in [9.17, 15) is 9.59 Å². The van der Waals surface area contributed by atoms with E-state index in [-0.39, 0.29) is 19.1 Å². The molecule has 0 aliphatic carbocycles. The molecule has 0 saturated heterocycles. The summed E-state index contributed by atoms with van der Waals surface area (Å²) in [6.45, 7) is 0.345. The van der Waals surface area contributed by atoms with Crippen molar-refractivity contribution in [1.82, 2.24) is 5.32 Å². The van der Waals surface area contributed by atoms with Crippen LogP contribution in [0, 0.1) is 0 Å². The van der Waals surface area contributed by atoms with Crippen molar-refractivity contribution in [1.29, 1.82) is 0 Å². The summed E-state index contributed by atoms with van der Waals surface area (Å²) in [4.78, 5) is 21.3. The Morgan fingerprint density at radius 2 is 2.15 bits per heavy atom. The van der Waals surface area contributed by atoms with Crippen LogP contribution in [0.2, 0.25) is 0 Å². The number of ether oxygens (including phenoxy) is 1. The molecule has 0 atom stereocenters. The highest BCUT2D eigenvalue weighted by Gasteiger charge is 2.00. The van der Waals surface area contributed by atoms with Gasteiger partial charge in [0, 0.05) is 6.42 Å². The number of hydrogen-bond acceptors (Lipinski definition) is 5. The second kappa shape index (κ2) is 7.88. The molecule has 76 valence electrons. The molecule has 0 rings (SSSR count). The number of carbonyl (C=O) groups is 2. The summed E-state index contributed by atoms with van der Waals surface area (Å²) in [7, 11) is 0. The molecule has 0 unspecified atom stereocenters. The molecule has 0 aliphatic heterocycles. The van der Waals surface area contributed by atoms with Crippen LogP contribution in [-0.4, -0.2) is 37.3 Å². The topological polar surface area (TPSA) is 81.4 Å². The zero-order valence-corrected chi connectivity index (χ0v) is 8.18. The molecule has 6 heteroatoms. The monoisotopic (exact) mass is 206 g/mol. The van der Waals surface area contributed by atoms with E-state index in [0.717, 1.165) is 0 Å². The van der Waals surface area contributed by atoms with Gasteiger partial charge >= 0.3 is 5.97 Å². The molecule has 1 amide bonds. The molecule has 13 heavy (non-hydrogen) atoms. The number of thiol groups is 1. The number of nitrogens with one attached hydrogen (secondary N) is 1. The molecule has 0 saturated carbocycles. The summed E-state index contributed by atoms with van der Waals surface area (Å²) in [5.74, 6) is -0.0590. The van der Waals surface area contributed by atoms with Crippen molar-refractivity contribution in [2.24, 2.45) is 5.73 Å². The molecule has 0 bridgehead atoms. The molecule has 0 aromatic heterocycles. The number of carbonyl (C=O) groups excluding carboxylic acids is 2. The van der Waals surface area contributed by atoms with Crippen molar-refractivity contribution in [3.8, 4) is 0 Å². The van der Waals surface area contributed by atoms with Gasteiger partial charge in [-0.3, -0.25) is 9.59 Å². The van der Waals surface area contributed by atoms with Gasteiger partial charge in [-0.05, 0) is 5.75 Å². The van der Waals surface area contributed by atoms with E-state index in [1.54, 1.807) is 0 Å². The van der Waals surface area contributed by atoms with E-state index in [2.05, 4.69) is 22.7 Å². The lowest BCUT2D eigenvalue weighted by Gasteiger charge is -2.04. The highest BCUT2D eigenvalue weighted by atomic mass is 32.1. The third-order valence-electron chi connectivity index (χ3n) is 1.19. The van der Waals surface area contributed by atoms with Crippen molar-refractivity contribution in [2.45, 2.75) is 6.42 Å². The number of hydrogen-bond donors (Lipinski definition) is 3. The maximum absolute atomic E-state index is 10.8. The number of amides is 1. The van der Waals surface area contributed by atoms with Crippen molar-refractivity contribution >= 4 is 24.5 Å². The van der Waals surface area contributed by atoms with E-state index in [4.69, 9.17) is 5.73 Å². The SMILES string of the molecule is NCC(=O)OCCNC(=O)CCS. The van der Waals surface area contributed by atoms with Gasteiger partial charge in [0.1, 0.15) is 6.61 Å². The van der Waals surface area contributed by atoms with Crippen LogP contribution in [-0.2, 0) is 14.3 Å². The smallest absolute Gasteiger partial charge is 0.319 e. The normalized spacial score (nSPS) is 9.38. The number of nitrogens with two attached hydrogens (primary N) is 1. The fraction of sp³-hybridized carbons (Fsp3) is 0.714. The Hall–Kier alpha value is -0.750. The molecule has 5 nitrogen and oxygen atoms in total. The van der Waals surface area contributed by atoms with Gasteiger partial charge in [0.2, 0.25) is 5.91 Å². The predicted octanol–water partition coefficient (Wildman–Crippen LogP) is -1.08. The molecular weight excluding hydrogens is 192 g/mol. The first-order valence-electron chi connectivity index (χ1n) is 3.94. The van der Waals surface area contributed by atoms with Gasteiger partial charge in [-0.15, -0.1) is 0 Å². The van der Waals surface area contributed by atoms with Crippen LogP contribution in [0.25, 0.3) is 0 Å². The molecule has 0 aromatic carbocycles. The average molecular weight is 206 g/mol. The summed E-state index contributed by atoms with van der Waals surface area (Å²) in [6, 6.07) is 0. The Bertz CT molecular complexity index is 175. The highest BCUT2D eigenvalue weighted by molar-refractivity contribution is 7.80. The van der Waals surface area contributed by atoms with Crippen LogP contribution in [0.5, 0.6) is 0 Å². The van der Waals surface area contributed by atoms with Gasteiger partial charge in [0.25, 0.3) is 0 Å². The number of rotatable bonds is 6. The zero-order valence-electron chi connectivity index (χ0n) is 7.28. The Morgan fingerprint density at radius 1 is 1.46 bits per heavy atom. The van der Waals surface area contributed by atoms with Crippen LogP contribution in [0.4, 0.5) is 0 Å². The minimum atomic E-state index is -0.469. The second-order valence-electron chi connectivity index (χ2n) is 2.25.